The normalized spacial score (nSPS) is 19.6. The molecule has 0 spiro atoms. The highest BCUT2D eigenvalue weighted by Gasteiger charge is 2.29. The summed E-state index contributed by atoms with van der Waals surface area (Å²) in [6.07, 6.45) is 5.57. The van der Waals surface area contributed by atoms with E-state index in [1.165, 1.54) is 6.42 Å². The van der Waals surface area contributed by atoms with E-state index in [4.69, 9.17) is 0 Å². The number of aryl methyl sites for hydroxylation is 2. The number of Topliss-reactive ketones (excluding diaryl/α,β-unsaturated/α-hetero) is 1. The van der Waals surface area contributed by atoms with E-state index in [1.54, 1.807) is 0 Å². The molecule has 1 fully saturated rings. The maximum absolute atomic E-state index is 12.6. The monoisotopic (exact) mass is 292 g/mol. The van der Waals surface area contributed by atoms with Crippen LogP contribution in [-0.4, -0.2) is 20.5 Å². The van der Waals surface area contributed by atoms with E-state index in [0.717, 1.165) is 42.4 Å². The molecule has 0 bridgehead atoms. The third kappa shape index (κ3) is 3.38. The van der Waals surface area contributed by atoms with Crippen molar-refractivity contribution in [3.8, 4) is 0 Å². The fourth-order valence-corrected chi connectivity index (χ4v) is 4.63. The van der Waals surface area contributed by atoms with Gasteiger partial charge in [0.05, 0.1) is 5.25 Å². The summed E-state index contributed by atoms with van der Waals surface area (Å²) < 4.78 is 12.6. The molecule has 1 aromatic carbocycles. The second-order valence-electron chi connectivity index (χ2n) is 5.91. The van der Waals surface area contributed by atoms with Crippen molar-refractivity contribution in [1.29, 1.82) is 0 Å². The molecule has 1 aliphatic rings. The lowest BCUT2D eigenvalue weighted by molar-refractivity contribution is 0.0991. The first kappa shape index (κ1) is 15.4. The lowest BCUT2D eigenvalue weighted by atomic mass is 10.00. The summed E-state index contributed by atoms with van der Waals surface area (Å²) in [7, 11) is -1.05. The first-order valence-electron chi connectivity index (χ1n) is 7.51. The molecule has 0 saturated heterocycles. The van der Waals surface area contributed by atoms with Crippen molar-refractivity contribution in [2.45, 2.75) is 63.4 Å². The van der Waals surface area contributed by atoms with E-state index in [1.807, 2.05) is 39.0 Å². The van der Waals surface area contributed by atoms with Crippen molar-refractivity contribution >= 4 is 16.6 Å². The molecule has 2 rings (SSSR count). The fourth-order valence-electron chi connectivity index (χ4n) is 2.91. The van der Waals surface area contributed by atoms with Crippen LogP contribution in [0.3, 0.4) is 0 Å². The van der Waals surface area contributed by atoms with Crippen molar-refractivity contribution < 1.29 is 9.00 Å². The Morgan fingerprint density at radius 3 is 2.50 bits per heavy atom. The van der Waals surface area contributed by atoms with Gasteiger partial charge in [0, 0.05) is 21.6 Å². The molecule has 1 aliphatic carbocycles. The summed E-state index contributed by atoms with van der Waals surface area (Å²) in [5, 5.41) is -0.175. The van der Waals surface area contributed by atoms with E-state index in [-0.39, 0.29) is 11.0 Å². The van der Waals surface area contributed by atoms with Crippen molar-refractivity contribution in [3.05, 3.63) is 34.9 Å². The molecule has 20 heavy (non-hydrogen) atoms. The van der Waals surface area contributed by atoms with Crippen LogP contribution in [0, 0.1) is 13.8 Å². The van der Waals surface area contributed by atoms with Crippen LogP contribution >= 0.6 is 0 Å². The van der Waals surface area contributed by atoms with Crippen LogP contribution < -0.4 is 0 Å². The summed E-state index contributed by atoms with van der Waals surface area (Å²) in [6.45, 7) is 5.76. The molecule has 0 radical (unpaired) electrons. The van der Waals surface area contributed by atoms with Gasteiger partial charge in [0.2, 0.25) is 0 Å². The van der Waals surface area contributed by atoms with Gasteiger partial charge in [-0.2, -0.15) is 0 Å². The minimum atomic E-state index is -1.05. The van der Waals surface area contributed by atoms with Crippen molar-refractivity contribution in [3.63, 3.8) is 0 Å². The van der Waals surface area contributed by atoms with Crippen molar-refractivity contribution in [2.75, 3.05) is 0 Å². The summed E-state index contributed by atoms with van der Waals surface area (Å²) in [5.74, 6) is 0.0371. The van der Waals surface area contributed by atoms with Gasteiger partial charge in [-0.05, 0) is 45.2 Å². The van der Waals surface area contributed by atoms with Gasteiger partial charge >= 0.3 is 0 Å². The zero-order chi connectivity index (χ0) is 14.7. The summed E-state index contributed by atoms with van der Waals surface area (Å²) in [4.78, 5) is 12.6. The third-order valence-electron chi connectivity index (χ3n) is 4.26. The van der Waals surface area contributed by atoms with Gasteiger partial charge in [0.15, 0.2) is 5.78 Å². The number of carbonyl (C=O) groups excluding carboxylic acids is 1. The lowest BCUT2D eigenvalue weighted by Crippen LogP contribution is -2.32. The highest BCUT2D eigenvalue weighted by atomic mass is 32.2. The molecule has 2 atom stereocenters. The molecular formula is C17H24O2S. The van der Waals surface area contributed by atoms with Crippen LogP contribution in [0.25, 0.3) is 0 Å². The van der Waals surface area contributed by atoms with Gasteiger partial charge in [-0.15, -0.1) is 0 Å². The van der Waals surface area contributed by atoms with E-state index < -0.39 is 16.0 Å². The topological polar surface area (TPSA) is 34.1 Å². The Balaban J connectivity index is 2.15. The average molecular weight is 292 g/mol. The molecular weight excluding hydrogens is 268 g/mol. The van der Waals surface area contributed by atoms with Gasteiger partial charge in [-0.3, -0.25) is 9.00 Å². The van der Waals surface area contributed by atoms with E-state index in [0.29, 0.717) is 0 Å². The van der Waals surface area contributed by atoms with Gasteiger partial charge in [0.1, 0.15) is 0 Å². The number of rotatable bonds is 4. The minimum absolute atomic E-state index is 0.0371. The van der Waals surface area contributed by atoms with Crippen LogP contribution in [0.5, 0.6) is 0 Å². The fraction of sp³-hybridized carbons (Fsp3) is 0.588. The van der Waals surface area contributed by atoms with E-state index in [9.17, 15) is 9.00 Å². The molecule has 0 amide bonds. The van der Waals surface area contributed by atoms with Crippen LogP contribution in [0.15, 0.2) is 18.2 Å². The van der Waals surface area contributed by atoms with Crippen LogP contribution in [0.2, 0.25) is 0 Å². The zero-order valence-corrected chi connectivity index (χ0v) is 13.5. The van der Waals surface area contributed by atoms with Crippen LogP contribution in [0.4, 0.5) is 0 Å². The number of benzene rings is 1. The van der Waals surface area contributed by atoms with Gasteiger partial charge in [0.25, 0.3) is 0 Å². The second-order valence-corrected chi connectivity index (χ2v) is 7.94. The standard InChI is InChI=1S/C17H24O2S/c1-12-9-10-13(2)16(11-12)17(18)14(3)20(19)15-7-5-4-6-8-15/h9-11,14-15H,4-8H2,1-3H3. The molecule has 1 saturated carbocycles. The second kappa shape index (κ2) is 6.66. The average Bonchev–Trinajstić information content (AvgIpc) is 2.48. The molecule has 0 N–H and O–H groups in total. The predicted molar refractivity (Wildman–Crippen MR) is 84.7 cm³/mol. The first-order valence-corrected chi connectivity index (χ1v) is 8.79. The van der Waals surface area contributed by atoms with Crippen LogP contribution in [-0.2, 0) is 10.8 Å². The highest BCUT2D eigenvalue weighted by Crippen LogP contribution is 2.25. The third-order valence-corrected chi connectivity index (χ3v) is 6.30. The molecule has 2 unspecified atom stereocenters. The van der Waals surface area contributed by atoms with Crippen LogP contribution in [0.1, 0.15) is 60.5 Å². The Bertz CT molecular complexity index is 516. The predicted octanol–water partition coefficient (Wildman–Crippen LogP) is 3.96. The van der Waals surface area contributed by atoms with Gasteiger partial charge in [-0.25, -0.2) is 0 Å². The number of ketones is 1. The van der Waals surface area contributed by atoms with Gasteiger partial charge < -0.3 is 0 Å². The Kier molecular flexibility index (Phi) is 5.14. The Morgan fingerprint density at radius 2 is 1.85 bits per heavy atom. The molecule has 3 heteroatoms. The summed E-state index contributed by atoms with van der Waals surface area (Å²) >= 11 is 0. The number of hydrogen-bond acceptors (Lipinski definition) is 2. The molecule has 110 valence electrons. The zero-order valence-electron chi connectivity index (χ0n) is 12.6. The molecule has 1 aromatic rings. The SMILES string of the molecule is Cc1ccc(C)c(C(=O)C(C)S(=O)C2CCCCC2)c1. The highest BCUT2D eigenvalue weighted by molar-refractivity contribution is 7.87. The Morgan fingerprint density at radius 1 is 1.20 bits per heavy atom. The molecule has 0 aliphatic heterocycles. The summed E-state index contributed by atoms with van der Waals surface area (Å²) in [5.41, 5.74) is 2.80. The van der Waals surface area contributed by atoms with E-state index in [2.05, 4.69) is 0 Å². The molecule has 0 aromatic heterocycles. The summed E-state index contributed by atoms with van der Waals surface area (Å²) in [6, 6.07) is 5.90. The lowest BCUT2D eigenvalue weighted by Gasteiger charge is -2.24. The Hall–Kier alpha value is -0.960. The van der Waals surface area contributed by atoms with Gasteiger partial charge in [-0.1, -0.05) is 37.0 Å². The maximum Gasteiger partial charge on any atom is 0.178 e. The number of hydrogen-bond donors (Lipinski definition) is 0. The van der Waals surface area contributed by atoms with E-state index >= 15 is 0 Å². The largest absolute Gasteiger partial charge is 0.293 e. The quantitative estimate of drug-likeness (QED) is 0.787. The Labute approximate surface area is 124 Å². The molecule has 0 heterocycles. The minimum Gasteiger partial charge on any atom is -0.293 e. The van der Waals surface area contributed by atoms with Crippen molar-refractivity contribution in [2.24, 2.45) is 0 Å². The molecule has 2 nitrogen and oxygen atoms in total. The smallest absolute Gasteiger partial charge is 0.178 e. The first-order chi connectivity index (χ1) is 9.50. The maximum atomic E-state index is 12.6. The number of carbonyl (C=O) groups is 1. The van der Waals surface area contributed by atoms with Crippen molar-refractivity contribution in [1.82, 2.24) is 0 Å².